The molecule has 0 spiro atoms. The topological polar surface area (TPSA) is 27.7 Å². The Hall–Kier alpha value is -0.753. The van der Waals surface area contributed by atoms with Crippen molar-refractivity contribution in [2.75, 3.05) is 13.2 Å². The molecule has 0 aromatic heterocycles. The zero-order valence-electron chi connectivity index (χ0n) is 11.2. The minimum Gasteiger partial charge on any atom is -0.380 e. The molecule has 0 unspecified atom stereocenters. The third-order valence-electron chi connectivity index (χ3n) is 2.65. The molecule has 18 heavy (non-hydrogen) atoms. The van der Waals surface area contributed by atoms with Crippen LogP contribution in [0.4, 0.5) is 4.39 Å². The van der Waals surface area contributed by atoms with Gasteiger partial charge in [-0.05, 0) is 38.0 Å². The quantitative estimate of drug-likeness (QED) is 0.533. The van der Waals surface area contributed by atoms with E-state index in [1.54, 1.807) is 6.07 Å². The van der Waals surface area contributed by atoms with Crippen LogP contribution in [0.1, 0.15) is 25.8 Å². The maximum atomic E-state index is 13.1. The molecular weight excluding hydrogens is 251 g/mol. The van der Waals surface area contributed by atoms with Gasteiger partial charge in [0.2, 0.25) is 0 Å². The van der Waals surface area contributed by atoms with Gasteiger partial charge < -0.3 is 13.9 Å². The number of halogens is 1. The molecule has 3 nitrogen and oxygen atoms in total. The summed E-state index contributed by atoms with van der Waals surface area (Å²) in [6.45, 7) is 4.84. The molecule has 0 amide bonds. The first kappa shape index (κ1) is 15.3. The van der Waals surface area contributed by atoms with Gasteiger partial charge in [-0.15, -0.1) is 0 Å². The summed E-state index contributed by atoms with van der Waals surface area (Å²) in [5, 5.41) is 0. The van der Waals surface area contributed by atoms with Crippen LogP contribution in [0.25, 0.3) is 0 Å². The Bertz CT molecular complexity index is 354. The SMILES string of the molecule is CCOC(CCc1cccc(F)c1)(O[SiH3])OCC. The van der Waals surface area contributed by atoms with Crippen LogP contribution in [-0.4, -0.2) is 29.7 Å². The van der Waals surface area contributed by atoms with E-state index in [4.69, 9.17) is 13.9 Å². The van der Waals surface area contributed by atoms with Crippen molar-refractivity contribution >= 4 is 10.5 Å². The first-order valence-electron chi connectivity index (χ1n) is 6.23. The third-order valence-corrected chi connectivity index (χ3v) is 3.27. The predicted octanol–water partition coefficient (Wildman–Crippen LogP) is 1.78. The monoisotopic (exact) mass is 272 g/mol. The van der Waals surface area contributed by atoms with Crippen molar-refractivity contribution in [2.24, 2.45) is 0 Å². The largest absolute Gasteiger partial charge is 0.380 e. The maximum Gasteiger partial charge on any atom is 0.272 e. The van der Waals surface area contributed by atoms with Crippen LogP contribution in [-0.2, 0) is 20.3 Å². The summed E-state index contributed by atoms with van der Waals surface area (Å²) < 4.78 is 29.7. The first-order valence-corrected chi connectivity index (χ1v) is 7.05. The highest BCUT2D eigenvalue weighted by Gasteiger charge is 2.30. The first-order chi connectivity index (χ1) is 8.65. The van der Waals surface area contributed by atoms with Crippen molar-refractivity contribution in [3.05, 3.63) is 35.6 Å². The summed E-state index contributed by atoms with van der Waals surface area (Å²) in [6.07, 6.45) is 1.21. The second-order valence-electron chi connectivity index (χ2n) is 3.88. The Morgan fingerprint density at radius 2 is 1.89 bits per heavy atom. The molecule has 0 bridgehead atoms. The van der Waals surface area contributed by atoms with Crippen LogP contribution in [0.15, 0.2) is 24.3 Å². The summed E-state index contributed by atoms with van der Waals surface area (Å²) >= 11 is 0. The Morgan fingerprint density at radius 1 is 1.22 bits per heavy atom. The summed E-state index contributed by atoms with van der Waals surface area (Å²) in [6, 6.07) is 6.55. The smallest absolute Gasteiger partial charge is 0.272 e. The lowest BCUT2D eigenvalue weighted by molar-refractivity contribution is -0.343. The molecule has 0 aliphatic carbocycles. The fourth-order valence-corrected chi connectivity index (χ4v) is 2.28. The van der Waals surface area contributed by atoms with Gasteiger partial charge in [-0.2, -0.15) is 0 Å². The number of hydrogen-bond acceptors (Lipinski definition) is 3. The van der Waals surface area contributed by atoms with E-state index in [2.05, 4.69) is 0 Å². The van der Waals surface area contributed by atoms with Gasteiger partial charge in [0.1, 0.15) is 5.82 Å². The predicted molar refractivity (Wildman–Crippen MR) is 71.7 cm³/mol. The minimum atomic E-state index is -0.970. The molecule has 1 aromatic rings. The molecular formula is C13H21FO3Si. The van der Waals surface area contributed by atoms with E-state index in [1.807, 2.05) is 19.9 Å². The molecule has 0 N–H and O–H groups in total. The molecule has 0 radical (unpaired) electrons. The van der Waals surface area contributed by atoms with Gasteiger partial charge in [0, 0.05) is 19.6 Å². The summed E-state index contributed by atoms with van der Waals surface area (Å²) in [4.78, 5) is 0. The average molecular weight is 272 g/mol. The molecule has 0 aliphatic rings. The Balaban J connectivity index is 2.66. The number of benzene rings is 1. The lowest BCUT2D eigenvalue weighted by atomic mass is 10.1. The van der Waals surface area contributed by atoms with Crippen molar-refractivity contribution < 1.29 is 18.3 Å². The van der Waals surface area contributed by atoms with Crippen LogP contribution in [0, 0.1) is 5.82 Å². The fraction of sp³-hybridized carbons (Fsp3) is 0.538. The van der Waals surface area contributed by atoms with E-state index in [-0.39, 0.29) is 5.82 Å². The van der Waals surface area contributed by atoms with Crippen molar-refractivity contribution in [3.63, 3.8) is 0 Å². The van der Waals surface area contributed by atoms with Gasteiger partial charge >= 0.3 is 0 Å². The molecule has 0 saturated carbocycles. The molecule has 0 fully saturated rings. The van der Waals surface area contributed by atoms with Gasteiger partial charge in [-0.25, -0.2) is 4.39 Å². The van der Waals surface area contributed by atoms with E-state index in [0.29, 0.717) is 36.5 Å². The van der Waals surface area contributed by atoms with E-state index in [9.17, 15) is 4.39 Å². The van der Waals surface area contributed by atoms with Gasteiger partial charge in [-0.1, -0.05) is 12.1 Å². The second kappa shape index (κ2) is 7.63. The lowest BCUT2D eigenvalue weighted by Gasteiger charge is -2.31. The van der Waals surface area contributed by atoms with E-state index in [1.165, 1.54) is 12.1 Å². The Labute approximate surface area is 111 Å². The van der Waals surface area contributed by atoms with Crippen molar-refractivity contribution in [3.8, 4) is 0 Å². The zero-order valence-corrected chi connectivity index (χ0v) is 13.2. The lowest BCUT2D eigenvalue weighted by Crippen LogP contribution is -2.39. The molecule has 1 rings (SSSR count). The normalized spacial score (nSPS) is 11.9. The highest BCUT2D eigenvalue weighted by atomic mass is 28.2. The van der Waals surface area contributed by atoms with Crippen molar-refractivity contribution in [1.29, 1.82) is 0 Å². The number of rotatable bonds is 8. The molecule has 0 heterocycles. The van der Waals surface area contributed by atoms with Crippen molar-refractivity contribution in [1.82, 2.24) is 0 Å². The zero-order chi connectivity index (χ0) is 13.4. The fourth-order valence-electron chi connectivity index (χ4n) is 1.84. The highest BCUT2D eigenvalue weighted by Crippen LogP contribution is 2.22. The highest BCUT2D eigenvalue weighted by molar-refractivity contribution is 5.98. The maximum absolute atomic E-state index is 13.1. The van der Waals surface area contributed by atoms with E-state index in [0.717, 1.165) is 5.56 Å². The molecule has 1 aromatic carbocycles. The van der Waals surface area contributed by atoms with Gasteiger partial charge in [0.05, 0.1) is 0 Å². The minimum absolute atomic E-state index is 0.224. The van der Waals surface area contributed by atoms with Crippen LogP contribution in [0.3, 0.4) is 0 Å². The Kier molecular flexibility index (Phi) is 6.49. The molecule has 5 heteroatoms. The van der Waals surface area contributed by atoms with Crippen LogP contribution < -0.4 is 0 Å². The standard InChI is InChI=1S/C13H21FO3Si/c1-3-15-13(17-18,16-4-2)9-8-11-6-5-7-12(14)10-11/h5-7,10H,3-4,8-9H2,1-2,18H3. The van der Waals surface area contributed by atoms with E-state index < -0.39 is 5.97 Å². The molecule has 0 atom stereocenters. The van der Waals surface area contributed by atoms with E-state index >= 15 is 0 Å². The summed E-state index contributed by atoms with van der Waals surface area (Å²) in [5.41, 5.74) is 0.914. The van der Waals surface area contributed by atoms with Crippen LogP contribution >= 0.6 is 0 Å². The molecule has 0 aliphatic heterocycles. The molecule has 0 saturated heterocycles. The van der Waals surface area contributed by atoms with Gasteiger partial charge in [0.15, 0.2) is 10.5 Å². The molecule has 102 valence electrons. The number of ether oxygens (including phenoxy) is 2. The second-order valence-corrected chi connectivity index (χ2v) is 4.29. The van der Waals surface area contributed by atoms with Crippen LogP contribution in [0.5, 0.6) is 0 Å². The summed E-state index contributed by atoms with van der Waals surface area (Å²) in [5.74, 6) is -1.19. The van der Waals surface area contributed by atoms with Crippen LogP contribution in [0.2, 0.25) is 0 Å². The number of aryl methyl sites for hydroxylation is 1. The van der Waals surface area contributed by atoms with Gasteiger partial charge in [-0.3, -0.25) is 0 Å². The summed E-state index contributed by atoms with van der Waals surface area (Å²) in [7, 11) is 0.525. The third kappa shape index (κ3) is 4.49. The van der Waals surface area contributed by atoms with Gasteiger partial charge in [0.25, 0.3) is 5.97 Å². The Morgan fingerprint density at radius 3 is 2.39 bits per heavy atom. The number of hydrogen-bond donors (Lipinski definition) is 0. The van der Waals surface area contributed by atoms with Crippen molar-refractivity contribution in [2.45, 2.75) is 32.7 Å². The average Bonchev–Trinajstić information content (AvgIpc) is 2.37.